The molecule has 1 saturated heterocycles. The molecule has 1 N–H and O–H groups in total. The van der Waals surface area contributed by atoms with Gasteiger partial charge in [-0.3, -0.25) is 4.79 Å². The van der Waals surface area contributed by atoms with Gasteiger partial charge in [-0.05, 0) is 43.4 Å². The highest BCUT2D eigenvalue weighted by molar-refractivity contribution is 5.78. The van der Waals surface area contributed by atoms with Gasteiger partial charge in [-0.15, -0.1) is 0 Å². The molecule has 2 rings (SSSR count). The molecular weight excluding hydrogens is 260 g/mol. The normalized spacial score (nSPS) is 20.4. The lowest BCUT2D eigenvalue weighted by Gasteiger charge is -2.33. The summed E-state index contributed by atoms with van der Waals surface area (Å²) in [4.78, 5) is 14.2. The first-order valence-electron chi connectivity index (χ1n) is 8.12. The van der Waals surface area contributed by atoms with E-state index in [1.807, 2.05) is 20.8 Å². The van der Waals surface area contributed by atoms with Crippen LogP contribution in [0, 0.1) is 11.8 Å². The molecule has 1 aromatic carbocycles. The Morgan fingerprint density at radius 3 is 2.48 bits per heavy atom. The Morgan fingerprint density at radius 2 is 1.90 bits per heavy atom. The van der Waals surface area contributed by atoms with Gasteiger partial charge in [0.05, 0.1) is 6.04 Å². The van der Waals surface area contributed by atoms with Crippen LogP contribution in [0.25, 0.3) is 0 Å². The zero-order valence-electron chi connectivity index (χ0n) is 13.7. The molecule has 1 fully saturated rings. The van der Waals surface area contributed by atoms with Crippen molar-refractivity contribution in [2.45, 2.75) is 46.6 Å². The second kappa shape index (κ2) is 6.97. The first kappa shape index (κ1) is 15.9. The van der Waals surface area contributed by atoms with E-state index in [9.17, 15) is 4.79 Å². The molecule has 21 heavy (non-hydrogen) atoms. The zero-order valence-corrected chi connectivity index (χ0v) is 13.7. The second-order valence-electron chi connectivity index (χ2n) is 6.67. The first-order chi connectivity index (χ1) is 9.97. The van der Waals surface area contributed by atoms with Crippen LogP contribution in [0.2, 0.25) is 0 Å². The Bertz CT molecular complexity index is 467. The number of piperidine rings is 1. The largest absolute Gasteiger partial charge is 0.371 e. The van der Waals surface area contributed by atoms with E-state index in [0.717, 1.165) is 24.6 Å². The molecule has 1 heterocycles. The topological polar surface area (TPSA) is 32.3 Å². The number of hydrogen-bond acceptors (Lipinski definition) is 2. The van der Waals surface area contributed by atoms with Crippen LogP contribution in [0.4, 0.5) is 5.69 Å². The van der Waals surface area contributed by atoms with Gasteiger partial charge >= 0.3 is 0 Å². The van der Waals surface area contributed by atoms with E-state index in [1.54, 1.807) is 0 Å². The predicted molar refractivity (Wildman–Crippen MR) is 88.4 cm³/mol. The number of nitrogens with zero attached hydrogens (tertiary/aromatic N) is 1. The van der Waals surface area contributed by atoms with Crippen molar-refractivity contribution >= 4 is 11.6 Å². The summed E-state index contributed by atoms with van der Waals surface area (Å²) in [6.45, 7) is 10.5. The minimum atomic E-state index is 0.0292. The molecular formula is C18H28N2O. The van der Waals surface area contributed by atoms with Gasteiger partial charge in [0.25, 0.3) is 0 Å². The average molecular weight is 288 g/mol. The number of carbonyl (C=O) groups excluding carboxylic acids is 1. The Balaban J connectivity index is 1.99. The average Bonchev–Trinajstić information content (AvgIpc) is 2.47. The number of hydrogen-bond donors (Lipinski definition) is 1. The summed E-state index contributed by atoms with van der Waals surface area (Å²) >= 11 is 0. The van der Waals surface area contributed by atoms with Gasteiger partial charge in [0.1, 0.15) is 0 Å². The molecule has 1 aliphatic rings. The van der Waals surface area contributed by atoms with Gasteiger partial charge in [0.15, 0.2) is 0 Å². The summed E-state index contributed by atoms with van der Waals surface area (Å²) in [6, 6.07) is 8.71. The molecule has 3 heteroatoms. The molecule has 1 aromatic rings. The first-order valence-corrected chi connectivity index (χ1v) is 8.12. The summed E-state index contributed by atoms with van der Waals surface area (Å²) in [6.07, 6.45) is 2.62. The van der Waals surface area contributed by atoms with Gasteiger partial charge in [-0.25, -0.2) is 0 Å². The lowest BCUT2D eigenvalue weighted by molar-refractivity contribution is -0.124. The molecule has 116 valence electrons. The van der Waals surface area contributed by atoms with Crippen molar-refractivity contribution in [3.63, 3.8) is 0 Å². The van der Waals surface area contributed by atoms with Crippen LogP contribution in [0.1, 0.15) is 52.1 Å². The van der Waals surface area contributed by atoms with Gasteiger partial charge in [-0.1, -0.05) is 32.9 Å². The number of benzene rings is 1. The maximum Gasteiger partial charge on any atom is 0.223 e. The smallest absolute Gasteiger partial charge is 0.223 e. The van der Waals surface area contributed by atoms with Crippen LogP contribution >= 0.6 is 0 Å². The van der Waals surface area contributed by atoms with Crippen LogP contribution in [0.3, 0.4) is 0 Å². The monoisotopic (exact) mass is 288 g/mol. The summed E-state index contributed by atoms with van der Waals surface area (Å²) in [5.41, 5.74) is 2.46. The van der Waals surface area contributed by atoms with Crippen molar-refractivity contribution in [1.82, 2.24) is 5.32 Å². The van der Waals surface area contributed by atoms with Crippen molar-refractivity contribution in [3.05, 3.63) is 29.8 Å². The zero-order chi connectivity index (χ0) is 15.4. The van der Waals surface area contributed by atoms with Gasteiger partial charge in [0.2, 0.25) is 5.91 Å². The van der Waals surface area contributed by atoms with Crippen molar-refractivity contribution in [2.24, 2.45) is 11.8 Å². The van der Waals surface area contributed by atoms with Gasteiger partial charge in [0, 0.05) is 24.7 Å². The fourth-order valence-electron chi connectivity index (χ4n) is 2.86. The van der Waals surface area contributed by atoms with E-state index >= 15 is 0 Å². The lowest BCUT2D eigenvalue weighted by Crippen LogP contribution is -2.34. The van der Waals surface area contributed by atoms with Gasteiger partial charge in [-0.2, -0.15) is 0 Å². The van der Waals surface area contributed by atoms with Crippen LogP contribution < -0.4 is 10.2 Å². The van der Waals surface area contributed by atoms with E-state index in [2.05, 4.69) is 41.4 Å². The quantitative estimate of drug-likeness (QED) is 0.915. The summed E-state index contributed by atoms with van der Waals surface area (Å²) in [5.74, 6) is 0.917. The van der Waals surface area contributed by atoms with Crippen LogP contribution in [0.5, 0.6) is 0 Å². The van der Waals surface area contributed by atoms with Gasteiger partial charge < -0.3 is 10.2 Å². The summed E-state index contributed by atoms with van der Waals surface area (Å²) in [7, 11) is 0. The molecule has 0 spiro atoms. The Kier molecular flexibility index (Phi) is 5.27. The van der Waals surface area contributed by atoms with E-state index in [-0.39, 0.29) is 17.9 Å². The number of carbonyl (C=O) groups is 1. The predicted octanol–water partition coefficient (Wildman–Crippen LogP) is 3.76. The number of nitrogens with one attached hydrogen (secondary N) is 1. The Hall–Kier alpha value is -1.51. The summed E-state index contributed by atoms with van der Waals surface area (Å²) < 4.78 is 0. The molecule has 0 saturated carbocycles. The van der Waals surface area contributed by atoms with Crippen molar-refractivity contribution < 1.29 is 4.79 Å². The molecule has 3 nitrogen and oxygen atoms in total. The standard InChI is InChI=1S/C18H28N2O/c1-13(2)18(21)19-15(4)16-7-9-17(10-8-16)20-11-5-6-14(3)12-20/h7-10,13-15H,5-6,11-12H2,1-4H3,(H,19,21)/t14-,15+/m1/s1. The third-order valence-corrected chi connectivity index (χ3v) is 4.30. The molecule has 1 amide bonds. The maximum atomic E-state index is 11.8. The molecule has 0 aliphatic carbocycles. The van der Waals surface area contributed by atoms with Crippen LogP contribution in [0.15, 0.2) is 24.3 Å². The third kappa shape index (κ3) is 4.23. The van der Waals surface area contributed by atoms with Crippen LogP contribution in [-0.2, 0) is 4.79 Å². The molecule has 0 aromatic heterocycles. The van der Waals surface area contributed by atoms with E-state index in [1.165, 1.54) is 18.5 Å². The molecule has 0 radical (unpaired) electrons. The number of amides is 1. The fourth-order valence-corrected chi connectivity index (χ4v) is 2.86. The number of anilines is 1. The third-order valence-electron chi connectivity index (χ3n) is 4.30. The molecule has 0 unspecified atom stereocenters. The van der Waals surface area contributed by atoms with E-state index in [0.29, 0.717) is 0 Å². The minimum Gasteiger partial charge on any atom is -0.371 e. The second-order valence-corrected chi connectivity index (χ2v) is 6.67. The minimum absolute atomic E-state index is 0.0292. The van der Waals surface area contributed by atoms with E-state index < -0.39 is 0 Å². The highest BCUT2D eigenvalue weighted by atomic mass is 16.1. The van der Waals surface area contributed by atoms with Crippen molar-refractivity contribution in [3.8, 4) is 0 Å². The van der Waals surface area contributed by atoms with Crippen molar-refractivity contribution in [1.29, 1.82) is 0 Å². The SMILES string of the molecule is CC(C)C(=O)N[C@@H](C)c1ccc(N2CCC[C@@H](C)C2)cc1. The molecule has 2 atom stereocenters. The summed E-state index contributed by atoms with van der Waals surface area (Å²) in [5, 5.41) is 3.05. The highest BCUT2D eigenvalue weighted by Gasteiger charge is 2.17. The molecule has 0 bridgehead atoms. The van der Waals surface area contributed by atoms with Crippen molar-refractivity contribution in [2.75, 3.05) is 18.0 Å². The van der Waals surface area contributed by atoms with Crippen LogP contribution in [-0.4, -0.2) is 19.0 Å². The Labute approximate surface area is 128 Å². The maximum absolute atomic E-state index is 11.8. The molecule has 1 aliphatic heterocycles. The highest BCUT2D eigenvalue weighted by Crippen LogP contribution is 2.24. The lowest BCUT2D eigenvalue weighted by atomic mass is 9.99. The fraction of sp³-hybridized carbons (Fsp3) is 0.611. The van der Waals surface area contributed by atoms with E-state index in [4.69, 9.17) is 0 Å². The Morgan fingerprint density at radius 1 is 1.24 bits per heavy atom. The number of rotatable bonds is 4.